The lowest BCUT2D eigenvalue weighted by molar-refractivity contribution is -0.188. The third kappa shape index (κ3) is 3.75. The van der Waals surface area contributed by atoms with Crippen LogP contribution in [-0.2, 0) is 0 Å². The van der Waals surface area contributed by atoms with Gasteiger partial charge >= 0.3 is 6.18 Å². The van der Waals surface area contributed by atoms with Gasteiger partial charge < -0.3 is 5.32 Å². The molecule has 1 aromatic rings. The fraction of sp³-hybridized carbons (Fsp3) is 0.500. The Kier molecular flexibility index (Phi) is 6.06. The van der Waals surface area contributed by atoms with Crippen LogP contribution in [0.3, 0.4) is 0 Å². The molecule has 0 saturated carbocycles. The second-order valence-corrected chi connectivity index (χ2v) is 4.78. The number of nitrogens with one attached hydrogen (secondary N) is 1. The second kappa shape index (κ2) is 6.93. The van der Waals surface area contributed by atoms with Crippen LogP contribution in [0.15, 0.2) is 18.2 Å². The predicted octanol–water partition coefficient (Wildman–Crippen LogP) is 3.41. The fourth-order valence-corrected chi connectivity index (χ4v) is 2.43. The zero-order valence-corrected chi connectivity index (χ0v) is 12.0. The van der Waals surface area contributed by atoms with E-state index in [-0.39, 0.29) is 30.5 Å². The Hall–Kier alpha value is -0.560. The molecule has 20 heavy (non-hydrogen) atoms. The highest BCUT2D eigenvalue weighted by Gasteiger charge is 2.46. The summed E-state index contributed by atoms with van der Waals surface area (Å²) in [6, 6.07) is 1.77. The molecule has 0 aliphatic carbocycles. The minimum Gasteiger partial charge on any atom is -0.314 e. The van der Waals surface area contributed by atoms with Crippen molar-refractivity contribution in [2.75, 3.05) is 26.2 Å². The van der Waals surface area contributed by atoms with Crippen LogP contribution in [0.1, 0.15) is 11.6 Å². The van der Waals surface area contributed by atoms with Crippen LogP contribution in [0.5, 0.6) is 0 Å². The van der Waals surface area contributed by atoms with Crippen LogP contribution in [0.25, 0.3) is 0 Å². The molecule has 1 atom stereocenters. The standard InChI is InChI=1S/C12H13ClF4N2.ClH/c13-9-3-1-2-8(10(9)14)11(12(15,16)17)19-6-4-18-5-7-19;/h1-3,11,18H,4-7H2;1H/t11-;/m0./s1. The van der Waals surface area contributed by atoms with Crippen molar-refractivity contribution < 1.29 is 17.6 Å². The van der Waals surface area contributed by atoms with E-state index in [1.807, 2.05) is 0 Å². The molecule has 2 rings (SSSR count). The van der Waals surface area contributed by atoms with E-state index in [1.54, 1.807) is 0 Å². The van der Waals surface area contributed by atoms with Crippen molar-refractivity contribution in [1.29, 1.82) is 0 Å². The summed E-state index contributed by atoms with van der Waals surface area (Å²) in [5.74, 6) is -0.995. The van der Waals surface area contributed by atoms with Gasteiger partial charge in [-0.05, 0) is 6.07 Å². The summed E-state index contributed by atoms with van der Waals surface area (Å²) >= 11 is 5.57. The van der Waals surface area contributed by atoms with E-state index in [0.29, 0.717) is 13.1 Å². The Bertz CT molecular complexity index is 448. The molecule has 1 fully saturated rings. The molecule has 0 unspecified atom stereocenters. The molecule has 0 spiro atoms. The van der Waals surface area contributed by atoms with Gasteiger partial charge in [-0.25, -0.2) is 4.39 Å². The number of rotatable bonds is 2. The maximum Gasteiger partial charge on any atom is 0.408 e. The molecular formula is C12H14Cl2F4N2. The van der Waals surface area contributed by atoms with Gasteiger partial charge in [-0.3, -0.25) is 4.90 Å². The molecule has 0 amide bonds. The average Bonchev–Trinajstić information content (AvgIpc) is 2.35. The van der Waals surface area contributed by atoms with E-state index in [1.165, 1.54) is 17.0 Å². The number of alkyl halides is 3. The molecule has 2 nitrogen and oxygen atoms in total. The molecule has 1 heterocycles. The van der Waals surface area contributed by atoms with E-state index in [4.69, 9.17) is 11.6 Å². The number of benzene rings is 1. The Morgan fingerprint density at radius 1 is 1.20 bits per heavy atom. The largest absolute Gasteiger partial charge is 0.408 e. The molecule has 114 valence electrons. The molecule has 8 heteroatoms. The summed E-state index contributed by atoms with van der Waals surface area (Å²) < 4.78 is 53.6. The maximum atomic E-state index is 13.9. The van der Waals surface area contributed by atoms with Crippen molar-refractivity contribution in [3.8, 4) is 0 Å². The SMILES string of the molecule is Cl.Fc1c(Cl)cccc1[C@H](N1CCNCC1)C(F)(F)F. The lowest BCUT2D eigenvalue weighted by Crippen LogP contribution is -2.49. The molecule has 0 radical (unpaired) electrons. The highest BCUT2D eigenvalue weighted by Crippen LogP contribution is 2.39. The first-order chi connectivity index (χ1) is 8.91. The van der Waals surface area contributed by atoms with E-state index in [0.717, 1.165) is 6.07 Å². The van der Waals surface area contributed by atoms with E-state index in [2.05, 4.69) is 5.32 Å². The molecular weight excluding hydrogens is 319 g/mol. The summed E-state index contributed by atoms with van der Waals surface area (Å²) in [5, 5.41) is 2.68. The van der Waals surface area contributed by atoms with Gasteiger partial charge in [0.1, 0.15) is 11.9 Å². The highest BCUT2D eigenvalue weighted by molar-refractivity contribution is 6.30. The van der Waals surface area contributed by atoms with Crippen LogP contribution in [0, 0.1) is 5.82 Å². The maximum absolute atomic E-state index is 13.9. The molecule has 1 aromatic carbocycles. The van der Waals surface area contributed by atoms with Crippen molar-refractivity contribution in [2.24, 2.45) is 0 Å². The number of hydrogen-bond donors (Lipinski definition) is 1. The van der Waals surface area contributed by atoms with E-state index >= 15 is 0 Å². The van der Waals surface area contributed by atoms with Gasteiger partial charge in [-0.2, -0.15) is 13.2 Å². The lowest BCUT2D eigenvalue weighted by atomic mass is 10.0. The predicted molar refractivity (Wildman–Crippen MR) is 71.9 cm³/mol. The van der Waals surface area contributed by atoms with Gasteiger partial charge in [0.25, 0.3) is 0 Å². The summed E-state index contributed by atoms with van der Waals surface area (Å²) in [4.78, 5) is 1.23. The molecule has 0 aromatic heterocycles. The average molecular weight is 333 g/mol. The summed E-state index contributed by atoms with van der Waals surface area (Å²) in [6.45, 7) is 1.34. The van der Waals surface area contributed by atoms with Crippen molar-refractivity contribution in [1.82, 2.24) is 10.2 Å². The van der Waals surface area contributed by atoms with Gasteiger partial charge in [0.15, 0.2) is 0 Å². The van der Waals surface area contributed by atoms with Crippen LogP contribution >= 0.6 is 24.0 Å². The minimum absolute atomic E-state index is 0. The van der Waals surface area contributed by atoms with Gasteiger partial charge in [-0.15, -0.1) is 12.4 Å². The zero-order valence-electron chi connectivity index (χ0n) is 10.4. The normalized spacial score (nSPS) is 18.4. The number of halogens is 6. The zero-order chi connectivity index (χ0) is 14.0. The Morgan fingerprint density at radius 2 is 1.80 bits per heavy atom. The first kappa shape index (κ1) is 17.5. The van der Waals surface area contributed by atoms with Crippen molar-refractivity contribution in [2.45, 2.75) is 12.2 Å². The molecule has 1 saturated heterocycles. The first-order valence-corrected chi connectivity index (χ1v) is 6.24. The van der Waals surface area contributed by atoms with Gasteiger partial charge in [0, 0.05) is 31.7 Å². The lowest BCUT2D eigenvalue weighted by Gasteiger charge is -2.36. The van der Waals surface area contributed by atoms with Crippen LogP contribution < -0.4 is 5.32 Å². The van der Waals surface area contributed by atoms with Gasteiger partial charge in [-0.1, -0.05) is 23.7 Å². The van der Waals surface area contributed by atoms with Crippen molar-refractivity contribution in [3.63, 3.8) is 0 Å². The molecule has 1 aliphatic rings. The molecule has 0 bridgehead atoms. The Labute approximate surface area is 125 Å². The third-order valence-corrected chi connectivity index (χ3v) is 3.39. The first-order valence-electron chi connectivity index (χ1n) is 5.86. The number of nitrogens with zero attached hydrogens (tertiary/aromatic N) is 1. The Balaban J connectivity index is 0.00000200. The van der Waals surface area contributed by atoms with Crippen molar-refractivity contribution >= 4 is 24.0 Å². The smallest absolute Gasteiger partial charge is 0.314 e. The van der Waals surface area contributed by atoms with Crippen LogP contribution in [0.4, 0.5) is 17.6 Å². The topological polar surface area (TPSA) is 15.3 Å². The minimum atomic E-state index is -4.54. The Morgan fingerprint density at radius 3 is 2.35 bits per heavy atom. The molecule has 1 aliphatic heterocycles. The van der Waals surface area contributed by atoms with Gasteiger partial charge in [0.05, 0.1) is 5.02 Å². The van der Waals surface area contributed by atoms with Crippen molar-refractivity contribution in [3.05, 3.63) is 34.6 Å². The van der Waals surface area contributed by atoms with E-state index in [9.17, 15) is 17.6 Å². The monoisotopic (exact) mass is 332 g/mol. The quantitative estimate of drug-likeness (QED) is 0.835. The fourth-order valence-electron chi connectivity index (χ4n) is 2.25. The van der Waals surface area contributed by atoms with Gasteiger partial charge in [0.2, 0.25) is 0 Å². The van der Waals surface area contributed by atoms with Crippen LogP contribution in [-0.4, -0.2) is 37.3 Å². The summed E-state index contributed by atoms with van der Waals surface area (Å²) in [5.41, 5.74) is -0.415. The number of piperazine rings is 1. The van der Waals surface area contributed by atoms with E-state index < -0.39 is 23.6 Å². The highest BCUT2D eigenvalue weighted by atomic mass is 35.5. The number of hydrogen-bond acceptors (Lipinski definition) is 2. The molecule has 1 N–H and O–H groups in total. The second-order valence-electron chi connectivity index (χ2n) is 4.37. The summed E-state index contributed by atoms with van der Waals surface area (Å²) in [7, 11) is 0. The van der Waals surface area contributed by atoms with Crippen LogP contribution in [0.2, 0.25) is 5.02 Å². The summed E-state index contributed by atoms with van der Waals surface area (Å²) in [6.07, 6.45) is -4.54. The third-order valence-electron chi connectivity index (χ3n) is 3.10.